The zero-order chi connectivity index (χ0) is 11.7. The van der Waals surface area contributed by atoms with Crippen molar-refractivity contribution in [1.82, 2.24) is 4.98 Å². The zero-order valence-corrected chi connectivity index (χ0v) is 12.6. The van der Waals surface area contributed by atoms with Crippen LogP contribution in [0.25, 0.3) is 0 Å². The second kappa shape index (κ2) is 5.14. The van der Waals surface area contributed by atoms with Crippen molar-refractivity contribution in [2.75, 3.05) is 0 Å². The molecule has 16 heavy (non-hydrogen) atoms. The molecule has 0 bridgehead atoms. The van der Waals surface area contributed by atoms with Gasteiger partial charge >= 0.3 is 0 Å². The van der Waals surface area contributed by atoms with E-state index in [9.17, 15) is 5.11 Å². The smallest absolute Gasteiger partial charge is 0.132 e. The first-order valence-electron chi connectivity index (χ1n) is 4.32. The number of thiazole rings is 1. The molecule has 0 saturated carbocycles. The number of rotatable bonds is 2. The largest absolute Gasteiger partial charge is 0.381 e. The van der Waals surface area contributed by atoms with Crippen LogP contribution in [0.3, 0.4) is 0 Å². The molecule has 2 rings (SSSR count). The number of halogens is 3. The fraction of sp³-hybridized carbons (Fsp3) is 0.100. The Morgan fingerprint density at radius 3 is 2.69 bits per heavy atom. The second-order valence-electron chi connectivity index (χ2n) is 3.08. The number of aliphatic hydroxyl groups excluding tert-OH is 1. The quantitative estimate of drug-likeness (QED) is 0.834. The molecule has 1 aromatic carbocycles. The Morgan fingerprint density at radius 2 is 2.12 bits per heavy atom. The van der Waals surface area contributed by atoms with Gasteiger partial charge < -0.3 is 5.11 Å². The van der Waals surface area contributed by atoms with Gasteiger partial charge in [-0.2, -0.15) is 0 Å². The lowest BCUT2D eigenvalue weighted by atomic mass is 10.1. The predicted octanol–water partition coefficient (Wildman–Crippen LogP) is 4.40. The second-order valence-corrected chi connectivity index (χ2v) is 6.10. The van der Waals surface area contributed by atoms with Crippen molar-refractivity contribution < 1.29 is 5.11 Å². The maximum atomic E-state index is 10.1. The van der Waals surface area contributed by atoms with E-state index in [1.54, 1.807) is 12.1 Å². The van der Waals surface area contributed by atoms with E-state index in [4.69, 9.17) is 11.6 Å². The topological polar surface area (TPSA) is 33.1 Å². The van der Waals surface area contributed by atoms with Crippen LogP contribution in [-0.4, -0.2) is 10.1 Å². The van der Waals surface area contributed by atoms with Gasteiger partial charge in [0.1, 0.15) is 15.7 Å². The summed E-state index contributed by atoms with van der Waals surface area (Å²) in [5.74, 6) is 0. The molecular weight excluding hydrogens is 377 g/mol. The maximum absolute atomic E-state index is 10.1. The summed E-state index contributed by atoms with van der Waals surface area (Å²) < 4.78 is 1.61. The normalized spacial score (nSPS) is 12.8. The Hall–Kier alpha value is 0.0600. The SMILES string of the molecule is OC(c1nc(Br)cs1)c1ccc(Br)cc1Cl. The first-order valence-corrected chi connectivity index (χ1v) is 7.16. The van der Waals surface area contributed by atoms with Crippen molar-refractivity contribution in [2.24, 2.45) is 0 Å². The summed E-state index contributed by atoms with van der Waals surface area (Å²) in [6, 6.07) is 5.38. The molecule has 1 heterocycles. The van der Waals surface area contributed by atoms with Crippen molar-refractivity contribution in [3.63, 3.8) is 0 Å². The van der Waals surface area contributed by atoms with E-state index < -0.39 is 6.10 Å². The third kappa shape index (κ3) is 2.65. The highest BCUT2D eigenvalue weighted by atomic mass is 79.9. The number of benzene rings is 1. The van der Waals surface area contributed by atoms with Crippen LogP contribution in [0.4, 0.5) is 0 Å². The zero-order valence-electron chi connectivity index (χ0n) is 7.82. The number of nitrogens with zero attached hydrogens (tertiary/aromatic N) is 1. The first kappa shape index (κ1) is 12.5. The minimum atomic E-state index is -0.781. The molecule has 2 aromatic rings. The van der Waals surface area contributed by atoms with Crippen LogP contribution < -0.4 is 0 Å². The molecule has 1 unspecified atom stereocenters. The summed E-state index contributed by atoms with van der Waals surface area (Å²) in [5.41, 5.74) is 0.659. The lowest BCUT2D eigenvalue weighted by molar-refractivity contribution is 0.219. The Labute approximate surface area is 119 Å². The molecule has 1 atom stereocenters. The highest BCUT2D eigenvalue weighted by Gasteiger charge is 2.17. The van der Waals surface area contributed by atoms with Gasteiger partial charge in [0.05, 0.1) is 0 Å². The van der Waals surface area contributed by atoms with Gasteiger partial charge in [-0.3, -0.25) is 0 Å². The monoisotopic (exact) mass is 381 g/mol. The molecule has 0 spiro atoms. The van der Waals surface area contributed by atoms with E-state index in [1.165, 1.54) is 11.3 Å². The van der Waals surface area contributed by atoms with Gasteiger partial charge in [0.25, 0.3) is 0 Å². The number of hydrogen-bond donors (Lipinski definition) is 1. The van der Waals surface area contributed by atoms with Gasteiger partial charge in [0, 0.05) is 20.4 Å². The molecule has 0 aliphatic carbocycles. The van der Waals surface area contributed by atoms with E-state index in [1.807, 2.05) is 11.4 Å². The number of aliphatic hydroxyl groups is 1. The minimum absolute atomic E-state index is 0.521. The molecule has 0 radical (unpaired) electrons. The molecule has 0 amide bonds. The molecule has 1 aromatic heterocycles. The molecule has 0 aliphatic rings. The summed E-state index contributed by atoms with van der Waals surface area (Å²) in [4.78, 5) is 4.17. The molecule has 0 fully saturated rings. The van der Waals surface area contributed by atoms with Crippen molar-refractivity contribution in [3.05, 3.63) is 48.2 Å². The Kier molecular flexibility index (Phi) is 4.02. The van der Waals surface area contributed by atoms with E-state index in [2.05, 4.69) is 36.8 Å². The summed E-state index contributed by atoms with van der Waals surface area (Å²) in [7, 11) is 0. The highest BCUT2D eigenvalue weighted by molar-refractivity contribution is 9.10. The molecular formula is C10H6Br2ClNOS. The highest BCUT2D eigenvalue weighted by Crippen LogP contribution is 2.32. The standard InChI is InChI=1S/C10H6Br2ClNOS/c11-5-1-2-6(7(13)3-5)9(15)10-14-8(12)4-16-10/h1-4,9,15H. The van der Waals surface area contributed by atoms with Gasteiger partial charge in [-0.25, -0.2) is 4.98 Å². The van der Waals surface area contributed by atoms with Crippen LogP contribution in [0.1, 0.15) is 16.7 Å². The van der Waals surface area contributed by atoms with Crippen LogP contribution in [0, 0.1) is 0 Å². The van der Waals surface area contributed by atoms with Crippen molar-refractivity contribution in [2.45, 2.75) is 6.10 Å². The lowest BCUT2D eigenvalue weighted by Crippen LogP contribution is -1.99. The molecule has 0 saturated heterocycles. The van der Waals surface area contributed by atoms with Crippen LogP contribution >= 0.6 is 54.8 Å². The van der Waals surface area contributed by atoms with E-state index in [0.717, 1.165) is 9.08 Å². The molecule has 2 nitrogen and oxygen atoms in total. The molecule has 0 aliphatic heterocycles. The van der Waals surface area contributed by atoms with Crippen LogP contribution in [0.15, 0.2) is 32.7 Å². The molecule has 1 N–H and O–H groups in total. The number of aromatic nitrogens is 1. The first-order chi connectivity index (χ1) is 7.58. The Balaban J connectivity index is 2.37. The van der Waals surface area contributed by atoms with E-state index in [-0.39, 0.29) is 0 Å². The van der Waals surface area contributed by atoms with Gasteiger partial charge in [-0.15, -0.1) is 11.3 Å². The van der Waals surface area contributed by atoms with E-state index in [0.29, 0.717) is 15.6 Å². The van der Waals surface area contributed by atoms with E-state index >= 15 is 0 Å². The minimum Gasteiger partial charge on any atom is -0.381 e. The number of hydrogen-bond acceptors (Lipinski definition) is 3. The third-order valence-corrected chi connectivity index (χ3v) is 4.41. The van der Waals surface area contributed by atoms with Gasteiger partial charge in [-0.1, -0.05) is 33.6 Å². The van der Waals surface area contributed by atoms with Crippen LogP contribution in [0.2, 0.25) is 5.02 Å². The average molecular weight is 383 g/mol. The van der Waals surface area contributed by atoms with Crippen LogP contribution in [0.5, 0.6) is 0 Å². The van der Waals surface area contributed by atoms with Crippen molar-refractivity contribution >= 4 is 54.8 Å². The lowest BCUT2D eigenvalue weighted by Gasteiger charge is -2.09. The maximum Gasteiger partial charge on any atom is 0.132 e. The summed E-state index contributed by atoms with van der Waals surface area (Å²) >= 11 is 14.0. The van der Waals surface area contributed by atoms with Gasteiger partial charge in [-0.05, 0) is 28.1 Å². The fourth-order valence-corrected chi connectivity index (χ4v) is 3.29. The average Bonchev–Trinajstić information content (AvgIpc) is 2.64. The van der Waals surface area contributed by atoms with Crippen molar-refractivity contribution in [1.29, 1.82) is 0 Å². The third-order valence-electron chi connectivity index (χ3n) is 1.98. The summed E-state index contributed by atoms with van der Waals surface area (Å²) in [5, 5.41) is 13.1. The molecule has 84 valence electrons. The Morgan fingerprint density at radius 1 is 1.38 bits per heavy atom. The van der Waals surface area contributed by atoms with Crippen molar-refractivity contribution in [3.8, 4) is 0 Å². The summed E-state index contributed by atoms with van der Waals surface area (Å²) in [6.45, 7) is 0. The van der Waals surface area contributed by atoms with Gasteiger partial charge in [0.15, 0.2) is 0 Å². The Bertz CT molecular complexity index is 517. The van der Waals surface area contributed by atoms with Gasteiger partial charge in [0.2, 0.25) is 0 Å². The summed E-state index contributed by atoms with van der Waals surface area (Å²) in [6.07, 6.45) is -0.781. The fourth-order valence-electron chi connectivity index (χ4n) is 1.25. The predicted molar refractivity (Wildman–Crippen MR) is 73.0 cm³/mol. The van der Waals surface area contributed by atoms with Crippen LogP contribution in [-0.2, 0) is 0 Å². The molecule has 6 heteroatoms.